The van der Waals surface area contributed by atoms with E-state index in [1.807, 2.05) is 23.1 Å². The first-order chi connectivity index (χ1) is 11.7. The molecule has 1 aromatic carbocycles. The third-order valence-electron chi connectivity index (χ3n) is 5.14. The lowest BCUT2D eigenvalue weighted by atomic mass is 10.1. The van der Waals surface area contributed by atoms with Crippen LogP contribution in [0.4, 0.5) is 5.82 Å². The van der Waals surface area contributed by atoms with Crippen molar-refractivity contribution in [2.45, 2.75) is 38.1 Å². The molecule has 5 nitrogen and oxygen atoms in total. The summed E-state index contributed by atoms with van der Waals surface area (Å²) in [6.45, 7) is 1.62. The average Bonchev–Trinajstić information content (AvgIpc) is 3.26. The van der Waals surface area contributed by atoms with E-state index in [4.69, 9.17) is 0 Å². The van der Waals surface area contributed by atoms with Crippen LogP contribution in [0.3, 0.4) is 0 Å². The third-order valence-corrected chi connectivity index (χ3v) is 5.64. The molecule has 1 aliphatic heterocycles. The van der Waals surface area contributed by atoms with E-state index in [0.29, 0.717) is 5.91 Å². The first-order valence-electron chi connectivity index (χ1n) is 8.66. The number of rotatable bonds is 3. The molecule has 126 valence electrons. The summed E-state index contributed by atoms with van der Waals surface area (Å²) < 4.78 is 1.01. The summed E-state index contributed by atoms with van der Waals surface area (Å²) in [5, 5.41) is 4.53. The maximum absolute atomic E-state index is 12.6. The lowest BCUT2D eigenvalue weighted by Crippen LogP contribution is -2.35. The van der Waals surface area contributed by atoms with Gasteiger partial charge in [-0.05, 0) is 37.5 Å². The first-order valence-corrected chi connectivity index (χ1v) is 9.45. The van der Waals surface area contributed by atoms with Crippen molar-refractivity contribution in [1.29, 1.82) is 0 Å². The van der Waals surface area contributed by atoms with Crippen molar-refractivity contribution in [2.75, 3.05) is 18.4 Å². The molecule has 4 rings (SSSR count). The summed E-state index contributed by atoms with van der Waals surface area (Å²) in [4.78, 5) is 23.3. The lowest BCUT2D eigenvalue weighted by molar-refractivity contribution is -0.134. The zero-order valence-electron chi connectivity index (χ0n) is 13.5. The highest BCUT2D eigenvalue weighted by Gasteiger charge is 2.32. The number of halogens is 1. The number of hydrogen-bond donors (Lipinski definition) is 1. The Morgan fingerprint density at radius 3 is 2.88 bits per heavy atom. The first kappa shape index (κ1) is 15.8. The molecular weight excluding hydrogens is 368 g/mol. The third kappa shape index (κ3) is 3.11. The van der Waals surface area contributed by atoms with Gasteiger partial charge >= 0.3 is 0 Å². The fourth-order valence-corrected chi connectivity index (χ4v) is 4.21. The Labute approximate surface area is 150 Å². The Bertz CT molecular complexity index is 760. The SMILES string of the molecule is O=C(C1CCCC1)N1CCC(Nc2ncnc3ccc(Br)cc23)C1. The smallest absolute Gasteiger partial charge is 0.225 e. The van der Waals surface area contributed by atoms with Crippen molar-refractivity contribution in [3.05, 3.63) is 29.0 Å². The van der Waals surface area contributed by atoms with E-state index in [1.165, 1.54) is 12.8 Å². The number of fused-ring (bicyclic) bond motifs is 1. The van der Waals surface area contributed by atoms with E-state index in [2.05, 4.69) is 31.2 Å². The number of nitrogens with one attached hydrogen (secondary N) is 1. The predicted octanol–water partition coefficient (Wildman–Crippen LogP) is 3.60. The molecule has 1 aromatic heterocycles. The number of hydrogen-bond acceptors (Lipinski definition) is 4. The Hall–Kier alpha value is -1.69. The number of anilines is 1. The van der Waals surface area contributed by atoms with Crippen LogP contribution in [0.25, 0.3) is 10.9 Å². The molecule has 0 spiro atoms. The molecule has 2 aliphatic rings. The summed E-state index contributed by atoms with van der Waals surface area (Å²) in [7, 11) is 0. The van der Waals surface area contributed by atoms with Gasteiger partial charge in [0.05, 0.1) is 5.52 Å². The molecule has 6 heteroatoms. The number of amides is 1. The van der Waals surface area contributed by atoms with Gasteiger partial charge in [0, 0.05) is 34.9 Å². The zero-order chi connectivity index (χ0) is 16.5. The molecule has 1 aliphatic carbocycles. The van der Waals surface area contributed by atoms with Crippen molar-refractivity contribution in [3.8, 4) is 0 Å². The van der Waals surface area contributed by atoms with Crippen LogP contribution in [0, 0.1) is 5.92 Å². The minimum atomic E-state index is 0.257. The molecule has 1 amide bonds. The molecule has 2 aromatic rings. The number of aromatic nitrogens is 2. The Kier molecular flexibility index (Phi) is 4.39. The fraction of sp³-hybridized carbons (Fsp3) is 0.500. The van der Waals surface area contributed by atoms with E-state index < -0.39 is 0 Å². The number of nitrogens with zero attached hydrogens (tertiary/aromatic N) is 3. The van der Waals surface area contributed by atoms with Gasteiger partial charge in [0.25, 0.3) is 0 Å². The second-order valence-electron chi connectivity index (χ2n) is 6.78. The van der Waals surface area contributed by atoms with Crippen molar-refractivity contribution in [1.82, 2.24) is 14.9 Å². The largest absolute Gasteiger partial charge is 0.365 e. The molecule has 1 saturated heterocycles. The van der Waals surface area contributed by atoms with Gasteiger partial charge in [0.1, 0.15) is 12.1 Å². The second kappa shape index (κ2) is 6.67. The van der Waals surface area contributed by atoms with E-state index in [-0.39, 0.29) is 12.0 Å². The summed E-state index contributed by atoms with van der Waals surface area (Å²) in [5.41, 5.74) is 0.924. The Morgan fingerprint density at radius 1 is 1.21 bits per heavy atom. The van der Waals surface area contributed by atoms with Gasteiger partial charge in [-0.1, -0.05) is 28.8 Å². The van der Waals surface area contributed by atoms with E-state index in [1.54, 1.807) is 6.33 Å². The molecule has 2 fully saturated rings. The maximum Gasteiger partial charge on any atom is 0.225 e. The van der Waals surface area contributed by atoms with Crippen molar-refractivity contribution in [2.24, 2.45) is 5.92 Å². The monoisotopic (exact) mass is 388 g/mol. The molecule has 2 heterocycles. The number of benzene rings is 1. The molecule has 24 heavy (non-hydrogen) atoms. The summed E-state index contributed by atoms with van der Waals surface area (Å²) >= 11 is 3.51. The van der Waals surface area contributed by atoms with Crippen molar-refractivity contribution < 1.29 is 4.79 Å². The van der Waals surface area contributed by atoms with Crippen molar-refractivity contribution in [3.63, 3.8) is 0 Å². The van der Waals surface area contributed by atoms with Crippen LogP contribution < -0.4 is 5.32 Å². The fourth-order valence-electron chi connectivity index (χ4n) is 3.85. The summed E-state index contributed by atoms with van der Waals surface area (Å²) in [6, 6.07) is 6.26. The van der Waals surface area contributed by atoms with Crippen LogP contribution in [-0.2, 0) is 4.79 Å². The van der Waals surface area contributed by atoms with Gasteiger partial charge in [-0.15, -0.1) is 0 Å². The van der Waals surface area contributed by atoms with Crippen LogP contribution in [0.1, 0.15) is 32.1 Å². The average molecular weight is 389 g/mol. The number of carbonyl (C=O) groups excluding carboxylic acids is 1. The molecular formula is C18H21BrN4O. The van der Waals surface area contributed by atoms with Gasteiger partial charge < -0.3 is 10.2 Å². The molecule has 1 unspecified atom stereocenters. The molecule has 1 atom stereocenters. The van der Waals surface area contributed by atoms with Gasteiger partial charge in [0.15, 0.2) is 0 Å². The van der Waals surface area contributed by atoms with Gasteiger partial charge in [-0.3, -0.25) is 4.79 Å². The van der Waals surface area contributed by atoms with Crippen LogP contribution in [0.15, 0.2) is 29.0 Å². The summed E-state index contributed by atoms with van der Waals surface area (Å²) in [5.74, 6) is 1.47. The maximum atomic E-state index is 12.6. The molecule has 0 bridgehead atoms. The lowest BCUT2D eigenvalue weighted by Gasteiger charge is -2.21. The number of carbonyl (C=O) groups is 1. The van der Waals surface area contributed by atoms with Crippen LogP contribution in [0.5, 0.6) is 0 Å². The minimum absolute atomic E-state index is 0.257. The van der Waals surface area contributed by atoms with Gasteiger partial charge in [-0.2, -0.15) is 0 Å². The van der Waals surface area contributed by atoms with Crippen molar-refractivity contribution >= 4 is 38.6 Å². The van der Waals surface area contributed by atoms with E-state index >= 15 is 0 Å². The molecule has 0 radical (unpaired) electrons. The summed E-state index contributed by atoms with van der Waals surface area (Å²) in [6.07, 6.45) is 7.10. The number of likely N-dealkylation sites (tertiary alicyclic amines) is 1. The highest BCUT2D eigenvalue weighted by molar-refractivity contribution is 9.10. The Balaban J connectivity index is 1.47. The standard InChI is InChI=1S/C18H21BrN4O/c19-13-5-6-16-15(9-13)17(21-11-20-16)22-14-7-8-23(10-14)18(24)12-3-1-2-4-12/h5-6,9,11-12,14H,1-4,7-8,10H2,(H,20,21,22). The van der Waals surface area contributed by atoms with Crippen LogP contribution in [-0.4, -0.2) is 39.9 Å². The highest BCUT2D eigenvalue weighted by Crippen LogP contribution is 2.29. The molecule has 1 N–H and O–H groups in total. The van der Waals surface area contributed by atoms with Crippen LogP contribution >= 0.6 is 15.9 Å². The van der Waals surface area contributed by atoms with Crippen LogP contribution in [0.2, 0.25) is 0 Å². The topological polar surface area (TPSA) is 58.1 Å². The normalized spacial score (nSPS) is 21.5. The van der Waals surface area contributed by atoms with Gasteiger partial charge in [-0.25, -0.2) is 9.97 Å². The second-order valence-corrected chi connectivity index (χ2v) is 7.69. The predicted molar refractivity (Wildman–Crippen MR) is 97.8 cm³/mol. The van der Waals surface area contributed by atoms with E-state index in [0.717, 1.165) is 53.5 Å². The van der Waals surface area contributed by atoms with E-state index in [9.17, 15) is 4.79 Å². The highest BCUT2D eigenvalue weighted by atomic mass is 79.9. The molecule has 1 saturated carbocycles. The zero-order valence-corrected chi connectivity index (χ0v) is 15.1. The Morgan fingerprint density at radius 2 is 2.04 bits per heavy atom. The van der Waals surface area contributed by atoms with Gasteiger partial charge in [0.2, 0.25) is 5.91 Å². The quantitative estimate of drug-likeness (QED) is 0.872. The minimum Gasteiger partial charge on any atom is -0.365 e.